The van der Waals surface area contributed by atoms with Crippen LogP contribution in [0.15, 0.2) is 29.8 Å². The van der Waals surface area contributed by atoms with E-state index in [9.17, 15) is 0 Å². The summed E-state index contributed by atoms with van der Waals surface area (Å²) in [7, 11) is 0. The van der Waals surface area contributed by atoms with Crippen molar-refractivity contribution in [1.82, 2.24) is 5.32 Å². The second-order valence-electron chi connectivity index (χ2n) is 3.23. The zero-order chi connectivity index (χ0) is 9.97. The molecule has 72 valence electrons. The maximum Gasteiger partial charge on any atom is 0.102 e. The molecule has 0 bridgehead atoms. The van der Waals surface area contributed by atoms with Crippen LogP contribution in [0.2, 0.25) is 5.02 Å². The lowest BCUT2D eigenvalue weighted by molar-refractivity contribution is 0.960. The van der Waals surface area contributed by atoms with Crippen LogP contribution in [-0.4, -0.2) is 11.5 Å². The molecule has 14 heavy (non-hydrogen) atoms. The van der Waals surface area contributed by atoms with Crippen molar-refractivity contribution in [3.8, 4) is 0 Å². The first-order valence-electron chi connectivity index (χ1n) is 4.50. The highest BCUT2D eigenvalue weighted by Crippen LogP contribution is 2.16. The summed E-state index contributed by atoms with van der Waals surface area (Å²) in [6.45, 7) is 0.957. The van der Waals surface area contributed by atoms with Crippen LogP contribution in [-0.2, 0) is 0 Å². The first-order valence-corrected chi connectivity index (χ1v) is 5.29. The Bertz CT molecular complexity index is 381. The summed E-state index contributed by atoms with van der Waals surface area (Å²) in [6, 6.07) is 7.77. The Morgan fingerprint density at radius 3 is 2.57 bits per heavy atom. The molecule has 3 heteroatoms. The van der Waals surface area contributed by atoms with Gasteiger partial charge in [0.05, 0.1) is 0 Å². The van der Waals surface area contributed by atoms with Gasteiger partial charge in [-0.1, -0.05) is 36.0 Å². The van der Waals surface area contributed by atoms with Crippen LogP contribution in [0.4, 0.5) is 0 Å². The number of hydrogen-bond acceptors (Lipinski definition) is 1. The van der Waals surface area contributed by atoms with E-state index in [-0.39, 0.29) is 0 Å². The zero-order valence-electron chi connectivity index (χ0n) is 7.59. The van der Waals surface area contributed by atoms with E-state index in [1.807, 2.05) is 24.3 Å². The Morgan fingerprint density at radius 1 is 1.29 bits per heavy atom. The predicted octanol–water partition coefficient (Wildman–Crippen LogP) is 3.04. The molecule has 1 heterocycles. The largest absolute Gasteiger partial charge is 0.376 e. The van der Waals surface area contributed by atoms with Crippen LogP contribution in [0, 0.1) is 0 Å². The van der Waals surface area contributed by atoms with Gasteiger partial charge in [-0.3, -0.25) is 0 Å². The maximum atomic E-state index is 5.80. The van der Waals surface area contributed by atoms with Crippen LogP contribution in [0.25, 0.3) is 6.08 Å². The Hall–Kier alpha value is -0.860. The Kier molecular flexibility index (Phi) is 2.85. The molecule has 0 amide bonds. The third kappa shape index (κ3) is 2.14. The van der Waals surface area contributed by atoms with Crippen molar-refractivity contribution < 1.29 is 0 Å². The molecule has 0 aromatic heterocycles. The smallest absolute Gasteiger partial charge is 0.102 e. The molecule has 2 rings (SSSR count). The summed E-state index contributed by atoms with van der Waals surface area (Å²) >= 11 is 11.0. The summed E-state index contributed by atoms with van der Waals surface area (Å²) in [5, 5.41) is 3.90. The molecule has 1 aliphatic rings. The standard InChI is InChI=1S/C11H10ClNS/c12-10-3-1-8(2-4-10)7-9-5-6-13-11(9)14/h1-4,7H,5-6H2,(H,13,14)/b9-7-. The van der Waals surface area contributed by atoms with Gasteiger partial charge in [-0.15, -0.1) is 0 Å². The molecule has 0 unspecified atom stereocenters. The van der Waals surface area contributed by atoms with Crippen molar-refractivity contribution in [3.05, 3.63) is 40.4 Å². The third-order valence-corrected chi connectivity index (χ3v) is 2.84. The average Bonchev–Trinajstić information content (AvgIpc) is 2.56. The minimum Gasteiger partial charge on any atom is -0.376 e. The van der Waals surface area contributed by atoms with Crippen LogP contribution in [0.3, 0.4) is 0 Å². The minimum absolute atomic E-state index is 0.763. The van der Waals surface area contributed by atoms with Gasteiger partial charge >= 0.3 is 0 Å². The van der Waals surface area contributed by atoms with Gasteiger partial charge in [0, 0.05) is 11.6 Å². The summed E-state index contributed by atoms with van der Waals surface area (Å²) in [5.41, 5.74) is 2.36. The SMILES string of the molecule is S=C1NCC/C1=C/c1ccc(Cl)cc1. The number of thiocarbonyl (C=S) groups is 1. The monoisotopic (exact) mass is 223 g/mol. The Balaban J connectivity index is 2.24. The topological polar surface area (TPSA) is 12.0 Å². The molecule has 0 saturated carbocycles. The molecule has 0 spiro atoms. The van der Waals surface area contributed by atoms with Gasteiger partial charge in [-0.05, 0) is 35.8 Å². The van der Waals surface area contributed by atoms with E-state index >= 15 is 0 Å². The van der Waals surface area contributed by atoms with Crippen molar-refractivity contribution in [2.45, 2.75) is 6.42 Å². The van der Waals surface area contributed by atoms with E-state index in [0.29, 0.717) is 0 Å². The first kappa shape index (κ1) is 9.69. The molecular weight excluding hydrogens is 214 g/mol. The fourth-order valence-corrected chi connectivity index (χ4v) is 1.82. The number of hydrogen-bond donors (Lipinski definition) is 1. The zero-order valence-corrected chi connectivity index (χ0v) is 9.16. The second kappa shape index (κ2) is 4.11. The van der Waals surface area contributed by atoms with Crippen LogP contribution >= 0.6 is 23.8 Å². The number of benzene rings is 1. The van der Waals surface area contributed by atoms with Crippen molar-refractivity contribution in [2.75, 3.05) is 6.54 Å². The van der Waals surface area contributed by atoms with Crippen molar-refractivity contribution in [1.29, 1.82) is 0 Å². The van der Waals surface area contributed by atoms with E-state index in [1.54, 1.807) is 0 Å². The lowest BCUT2D eigenvalue weighted by Gasteiger charge is -1.97. The van der Waals surface area contributed by atoms with Crippen molar-refractivity contribution >= 4 is 34.9 Å². The number of rotatable bonds is 1. The second-order valence-corrected chi connectivity index (χ2v) is 4.07. The van der Waals surface area contributed by atoms with Gasteiger partial charge in [0.15, 0.2) is 0 Å². The average molecular weight is 224 g/mol. The summed E-state index contributed by atoms with van der Waals surface area (Å²) in [5.74, 6) is 0. The molecular formula is C11H10ClNS. The Morgan fingerprint density at radius 2 is 2.00 bits per heavy atom. The fraction of sp³-hybridized carbons (Fsp3) is 0.182. The van der Waals surface area contributed by atoms with Crippen LogP contribution < -0.4 is 5.32 Å². The minimum atomic E-state index is 0.763. The van der Waals surface area contributed by atoms with Gasteiger partial charge in [0.2, 0.25) is 0 Å². The van der Waals surface area contributed by atoms with E-state index < -0.39 is 0 Å². The van der Waals surface area contributed by atoms with Gasteiger partial charge in [0.1, 0.15) is 4.99 Å². The lowest BCUT2D eigenvalue weighted by Crippen LogP contribution is -2.11. The highest BCUT2D eigenvalue weighted by Gasteiger charge is 2.11. The summed E-state index contributed by atoms with van der Waals surface area (Å²) < 4.78 is 0. The summed E-state index contributed by atoms with van der Waals surface area (Å²) in [6.07, 6.45) is 3.13. The third-order valence-electron chi connectivity index (χ3n) is 2.18. The molecule has 1 aromatic rings. The van der Waals surface area contributed by atoms with Crippen LogP contribution in [0.5, 0.6) is 0 Å². The van der Waals surface area contributed by atoms with E-state index in [0.717, 1.165) is 28.5 Å². The normalized spacial score (nSPS) is 18.6. The highest BCUT2D eigenvalue weighted by molar-refractivity contribution is 7.80. The van der Waals surface area contributed by atoms with Crippen molar-refractivity contribution in [3.63, 3.8) is 0 Å². The molecule has 1 aliphatic heterocycles. The quantitative estimate of drug-likeness (QED) is 0.580. The van der Waals surface area contributed by atoms with Gasteiger partial charge in [0.25, 0.3) is 0 Å². The first-order chi connectivity index (χ1) is 6.75. The molecule has 0 aliphatic carbocycles. The van der Waals surface area contributed by atoms with E-state index in [2.05, 4.69) is 11.4 Å². The van der Waals surface area contributed by atoms with Gasteiger partial charge < -0.3 is 5.32 Å². The molecule has 1 aromatic carbocycles. The van der Waals surface area contributed by atoms with E-state index in [1.165, 1.54) is 5.57 Å². The predicted molar refractivity (Wildman–Crippen MR) is 64.6 cm³/mol. The molecule has 0 radical (unpaired) electrons. The molecule has 0 atom stereocenters. The molecule has 1 fully saturated rings. The van der Waals surface area contributed by atoms with E-state index in [4.69, 9.17) is 23.8 Å². The summed E-state index contributed by atoms with van der Waals surface area (Å²) in [4.78, 5) is 0.875. The van der Waals surface area contributed by atoms with Gasteiger partial charge in [-0.25, -0.2) is 0 Å². The number of halogens is 1. The lowest BCUT2D eigenvalue weighted by atomic mass is 10.1. The van der Waals surface area contributed by atoms with Crippen molar-refractivity contribution in [2.24, 2.45) is 0 Å². The highest BCUT2D eigenvalue weighted by atomic mass is 35.5. The van der Waals surface area contributed by atoms with Crippen LogP contribution in [0.1, 0.15) is 12.0 Å². The fourth-order valence-electron chi connectivity index (χ4n) is 1.44. The molecule has 1 saturated heterocycles. The van der Waals surface area contributed by atoms with Gasteiger partial charge in [-0.2, -0.15) is 0 Å². The Labute approximate surface area is 93.8 Å². The molecule has 1 nitrogen and oxygen atoms in total. The molecule has 1 N–H and O–H groups in total. The maximum absolute atomic E-state index is 5.80. The number of nitrogens with one attached hydrogen (secondary N) is 1.